The van der Waals surface area contributed by atoms with Crippen LogP contribution in [0.5, 0.6) is 0 Å². The first-order valence-electron chi connectivity index (χ1n) is 13.4. The molecule has 0 aliphatic heterocycles. The molecule has 3 saturated carbocycles. The van der Waals surface area contributed by atoms with Crippen molar-refractivity contribution in [2.24, 2.45) is 28.6 Å². The summed E-state index contributed by atoms with van der Waals surface area (Å²) in [4.78, 5) is 36.3. The Morgan fingerprint density at radius 2 is 1.91 bits per heavy atom. The van der Waals surface area contributed by atoms with Crippen LogP contribution in [0.15, 0.2) is 11.6 Å². The fourth-order valence-electron chi connectivity index (χ4n) is 8.13. The Morgan fingerprint density at radius 3 is 2.63 bits per heavy atom. The molecule has 7 heteroatoms. The van der Waals surface area contributed by atoms with Gasteiger partial charge >= 0.3 is 5.97 Å². The van der Waals surface area contributed by atoms with Crippen LogP contribution in [-0.4, -0.2) is 52.6 Å². The second-order valence-electron chi connectivity index (χ2n) is 11.7. The van der Waals surface area contributed by atoms with E-state index in [1.54, 1.807) is 6.92 Å². The van der Waals surface area contributed by atoms with Gasteiger partial charge < -0.3 is 14.6 Å². The second kappa shape index (κ2) is 10.3. The van der Waals surface area contributed by atoms with Gasteiger partial charge in [-0.3, -0.25) is 9.59 Å². The molecular formula is C28H42O6S. The quantitative estimate of drug-likeness (QED) is 0.371. The van der Waals surface area contributed by atoms with E-state index in [0.29, 0.717) is 50.2 Å². The van der Waals surface area contributed by atoms with Crippen LogP contribution in [0.25, 0.3) is 0 Å². The van der Waals surface area contributed by atoms with Gasteiger partial charge in [0, 0.05) is 25.2 Å². The summed E-state index contributed by atoms with van der Waals surface area (Å²) in [5.41, 5.74) is 0.254. The number of carbonyl (C=O) groups is 3. The highest BCUT2D eigenvalue weighted by molar-refractivity contribution is 8.14. The highest BCUT2D eigenvalue weighted by Crippen LogP contribution is 2.69. The number of esters is 1. The van der Waals surface area contributed by atoms with Crippen molar-refractivity contribution >= 4 is 28.6 Å². The van der Waals surface area contributed by atoms with Gasteiger partial charge in [-0.2, -0.15) is 0 Å². The number of thioether (sulfide) groups is 1. The minimum atomic E-state index is -0.792. The lowest BCUT2D eigenvalue weighted by Crippen LogP contribution is -2.57. The number of hydrogen-bond acceptors (Lipinski definition) is 7. The van der Waals surface area contributed by atoms with Crippen molar-refractivity contribution in [1.82, 2.24) is 0 Å². The third kappa shape index (κ3) is 4.89. The van der Waals surface area contributed by atoms with Crippen molar-refractivity contribution in [3.8, 4) is 0 Å². The molecule has 1 N–H and O–H groups in total. The Hall–Kier alpha value is -1.18. The molecule has 0 spiro atoms. The maximum Gasteiger partial charge on any atom is 0.332 e. The summed E-state index contributed by atoms with van der Waals surface area (Å²) in [5.74, 6) is 1.01. The summed E-state index contributed by atoms with van der Waals surface area (Å²) < 4.78 is 10.4. The van der Waals surface area contributed by atoms with Crippen molar-refractivity contribution in [3.63, 3.8) is 0 Å². The largest absolute Gasteiger partial charge is 0.464 e. The monoisotopic (exact) mass is 506 g/mol. The first-order chi connectivity index (χ1) is 16.5. The molecule has 0 saturated heterocycles. The van der Waals surface area contributed by atoms with E-state index < -0.39 is 5.60 Å². The summed E-state index contributed by atoms with van der Waals surface area (Å²) in [7, 11) is 0. The fraction of sp³-hybridized carbons (Fsp3) is 0.821. The number of rotatable bonds is 8. The lowest BCUT2D eigenvalue weighted by Gasteiger charge is -2.61. The second-order valence-corrected chi connectivity index (χ2v) is 13.1. The zero-order chi connectivity index (χ0) is 25.4. The van der Waals surface area contributed by atoms with E-state index >= 15 is 0 Å². The van der Waals surface area contributed by atoms with Gasteiger partial charge in [-0.1, -0.05) is 31.2 Å². The van der Waals surface area contributed by atoms with E-state index in [1.165, 1.54) is 17.3 Å². The van der Waals surface area contributed by atoms with Gasteiger partial charge in [-0.15, -0.1) is 0 Å². The standard InChI is InChI=1S/C28H42O6S/c1-5-33-17-24(31)34-14-6-10-28(32)13-9-22-25-21(8-12-27(22,28)4)26(3)11-7-20(30)15-19(26)16-23(25)35-18(2)29/h15,21-23,25,32H,5-14,16-17H2,1-4H3/t21-,22+,23?,25-,26+,27+,28?/m1/s1. The van der Waals surface area contributed by atoms with Crippen molar-refractivity contribution in [1.29, 1.82) is 0 Å². The zero-order valence-corrected chi connectivity index (χ0v) is 22.6. The maximum atomic E-state index is 12.3. The molecule has 196 valence electrons. The smallest absolute Gasteiger partial charge is 0.332 e. The summed E-state index contributed by atoms with van der Waals surface area (Å²) in [6.45, 7) is 8.84. The predicted octanol–water partition coefficient (Wildman–Crippen LogP) is 4.87. The topological polar surface area (TPSA) is 89.9 Å². The molecule has 0 radical (unpaired) electrons. The van der Waals surface area contributed by atoms with Crippen molar-refractivity contribution < 1.29 is 29.0 Å². The maximum absolute atomic E-state index is 12.3. The van der Waals surface area contributed by atoms with Gasteiger partial charge in [0.25, 0.3) is 0 Å². The fourth-order valence-corrected chi connectivity index (χ4v) is 9.36. The normalized spacial score (nSPS) is 40.4. The average molecular weight is 507 g/mol. The number of allylic oxidation sites excluding steroid dienone is 1. The SMILES string of the molecule is CCOCC(=O)OCCCC1(O)CC[C@H]2[C@@H]3C(SC(C)=O)CC4=CC(=O)CC[C@]4(C)[C@@H]3CC[C@@]21C. The van der Waals surface area contributed by atoms with Gasteiger partial charge in [0.2, 0.25) is 0 Å². The third-order valence-corrected chi connectivity index (χ3v) is 11.1. The Kier molecular flexibility index (Phi) is 7.90. The van der Waals surface area contributed by atoms with Crippen LogP contribution in [0, 0.1) is 28.6 Å². The van der Waals surface area contributed by atoms with Gasteiger partial charge in [-0.05, 0) is 93.0 Å². The number of aliphatic hydroxyl groups is 1. The number of hydrogen-bond donors (Lipinski definition) is 1. The van der Waals surface area contributed by atoms with Crippen molar-refractivity contribution in [3.05, 3.63) is 11.6 Å². The molecule has 0 aromatic carbocycles. The van der Waals surface area contributed by atoms with Crippen LogP contribution in [0.4, 0.5) is 0 Å². The number of ether oxygens (including phenoxy) is 2. The van der Waals surface area contributed by atoms with E-state index in [-0.39, 0.29) is 39.6 Å². The molecule has 3 fully saturated rings. The Morgan fingerprint density at radius 1 is 1.17 bits per heavy atom. The summed E-state index contributed by atoms with van der Waals surface area (Å²) in [6, 6.07) is 0. The first-order valence-corrected chi connectivity index (χ1v) is 14.3. The van der Waals surface area contributed by atoms with Crippen LogP contribution in [0.3, 0.4) is 0 Å². The molecule has 4 rings (SSSR count). The third-order valence-electron chi connectivity index (χ3n) is 10.0. The Labute approximate surface area is 214 Å². The van der Waals surface area contributed by atoms with Crippen LogP contribution in [0.1, 0.15) is 85.5 Å². The Bertz CT molecular complexity index is 885. The van der Waals surface area contributed by atoms with Crippen molar-refractivity contribution in [2.75, 3.05) is 19.8 Å². The molecule has 0 aromatic rings. The van der Waals surface area contributed by atoms with Gasteiger partial charge in [-0.25, -0.2) is 4.79 Å². The molecule has 7 atom stereocenters. The van der Waals surface area contributed by atoms with E-state index in [9.17, 15) is 19.5 Å². The molecule has 4 aliphatic carbocycles. The molecule has 6 nitrogen and oxygen atoms in total. The van der Waals surface area contributed by atoms with Gasteiger partial charge in [0.15, 0.2) is 10.9 Å². The van der Waals surface area contributed by atoms with Gasteiger partial charge in [0.05, 0.1) is 12.2 Å². The summed E-state index contributed by atoms with van der Waals surface area (Å²) in [6.07, 6.45) is 9.12. The minimum absolute atomic E-state index is 0.0171. The van der Waals surface area contributed by atoms with Gasteiger partial charge in [0.1, 0.15) is 6.61 Å². The van der Waals surface area contributed by atoms with E-state index in [1.807, 2.05) is 13.0 Å². The summed E-state index contributed by atoms with van der Waals surface area (Å²) >= 11 is 1.45. The molecule has 0 heterocycles. The van der Waals surface area contributed by atoms with E-state index in [4.69, 9.17) is 9.47 Å². The number of ketones is 1. The Balaban J connectivity index is 1.51. The van der Waals surface area contributed by atoms with E-state index in [0.717, 1.165) is 38.5 Å². The zero-order valence-electron chi connectivity index (χ0n) is 21.8. The summed E-state index contributed by atoms with van der Waals surface area (Å²) in [5, 5.41) is 12.2. The molecule has 35 heavy (non-hydrogen) atoms. The highest BCUT2D eigenvalue weighted by atomic mass is 32.2. The molecule has 2 unspecified atom stereocenters. The highest BCUT2D eigenvalue weighted by Gasteiger charge is 2.65. The first kappa shape index (κ1) is 26.9. The predicted molar refractivity (Wildman–Crippen MR) is 136 cm³/mol. The van der Waals surface area contributed by atoms with Crippen molar-refractivity contribution in [2.45, 2.75) is 96.3 Å². The lowest BCUT2D eigenvalue weighted by atomic mass is 9.46. The average Bonchev–Trinajstić information content (AvgIpc) is 3.07. The molecule has 0 bridgehead atoms. The van der Waals surface area contributed by atoms with E-state index in [2.05, 4.69) is 13.8 Å². The number of carbonyl (C=O) groups excluding carboxylic acids is 3. The molecule has 0 aromatic heterocycles. The van der Waals surface area contributed by atoms with Crippen LogP contribution in [0.2, 0.25) is 0 Å². The van der Waals surface area contributed by atoms with Crippen LogP contribution in [-0.2, 0) is 23.9 Å². The molecule has 4 aliphatic rings. The van der Waals surface area contributed by atoms with Crippen LogP contribution >= 0.6 is 11.8 Å². The molecule has 0 amide bonds. The molecular weight excluding hydrogens is 464 g/mol. The number of fused-ring (bicyclic) bond motifs is 5. The van der Waals surface area contributed by atoms with Crippen LogP contribution < -0.4 is 0 Å². The minimum Gasteiger partial charge on any atom is -0.464 e. The lowest BCUT2D eigenvalue weighted by molar-refractivity contribution is -0.151.